The lowest BCUT2D eigenvalue weighted by Gasteiger charge is -2.01. The van der Waals surface area contributed by atoms with Crippen LogP contribution in [0.4, 0.5) is 5.69 Å². The number of nitrogen functional groups attached to an aromatic ring is 1. The fourth-order valence-corrected chi connectivity index (χ4v) is 2.68. The second-order valence-electron chi connectivity index (χ2n) is 3.84. The van der Waals surface area contributed by atoms with Crippen LogP contribution in [0.3, 0.4) is 0 Å². The molecule has 0 radical (unpaired) electrons. The Hall–Kier alpha value is -1.60. The van der Waals surface area contributed by atoms with Crippen molar-refractivity contribution in [1.82, 2.24) is 4.98 Å². The summed E-state index contributed by atoms with van der Waals surface area (Å²) in [6, 6.07) is 4.68. The highest BCUT2D eigenvalue weighted by Crippen LogP contribution is 2.21. The molecule has 0 aliphatic rings. The van der Waals surface area contributed by atoms with Crippen molar-refractivity contribution in [2.75, 3.05) is 11.5 Å². The van der Waals surface area contributed by atoms with E-state index in [-0.39, 0.29) is 5.22 Å². The Bertz CT molecular complexity index is 645. The van der Waals surface area contributed by atoms with Crippen molar-refractivity contribution in [1.29, 1.82) is 0 Å². The van der Waals surface area contributed by atoms with Crippen LogP contribution < -0.4 is 5.73 Å². The molecule has 0 saturated heterocycles. The van der Waals surface area contributed by atoms with E-state index >= 15 is 0 Å². The third-order valence-corrected chi connectivity index (χ3v) is 3.75. The average Bonchev–Trinajstić information content (AvgIpc) is 2.58. The van der Waals surface area contributed by atoms with Gasteiger partial charge in [0, 0.05) is 5.69 Å². The number of nitrogens with two attached hydrogens (primary N) is 1. The molecule has 1 aromatic carbocycles. The van der Waals surface area contributed by atoms with Crippen molar-refractivity contribution in [3.63, 3.8) is 0 Å². The van der Waals surface area contributed by atoms with Gasteiger partial charge in [-0.25, -0.2) is 8.42 Å². The number of hydrogen-bond acceptors (Lipinski definition) is 6. The Morgan fingerprint density at radius 2 is 2.24 bits per heavy atom. The van der Waals surface area contributed by atoms with Crippen molar-refractivity contribution >= 4 is 26.6 Å². The number of rotatable bonds is 3. The lowest BCUT2D eigenvalue weighted by atomic mass is 10.3. The second-order valence-corrected chi connectivity index (χ2v) is 5.75. The zero-order valence-electron chi connectivity index (χ0n) is 9.12. The molecule has 3 N–H and O–H groups in total. The number of hydrogen-bond donors (Lipinski definition) is 2. The Balaban J connectivity index is 2.50. The summed E-state index contributed by atoms with van der Waals surface area (Å²) in [6.07, 6.45) is -0.972. The molecule has 0 aliphatic heterocycles. The van der Waals surface area contributed by atoms with Gasteiger partial charge in [0.05, 0.1) is 11.9 Å². The minimum atomic E-state index is -3.70. The van der Waals surface area contributed by atoms with Gasteiger partial charge in [0.15, 0.2) is 5.58 Å². The summed E-state index contributed by atoms with van der Waals surface area (Å²) in [4.78, 5) is 3.85. The van der Waals surface area contributed by atoms with Crippen molar-refractivity contribution in [3.05, 3.63) is 18.2 Å². The molecule has 0 spiro atoms. The standard InChI is InChI=1S/C10H12N2O4S/c1-6(13)5-17(14,15)10-12-8-4-7(11)2-3-9(8)16-10/h2-4,6,13H,5,11H2,1H3. The fraction of sp³-hybridized carbons (Fsp3) is 0.300. The largest absolute Gasteiger partial charge is 0.428 e. The Morgan fingerprint density at radius 3 is 2.88 bits per heavy atom. The van der Waals surface area contributed by atoms with Crippen LogP contribution in [-0.4, -0.2) is 30.4 Å². The van der Waals surface area contributed by atoms with Gasteiger partial charge < -0.3 is 15.3 Å². The van der Waals surface area contributed by atoms with E-state index in [0.29, 0.717) is 16.8 Å². The van der Waals surface area contributed by atoms with E-state index in [2.05, 4.69) is 4.98 Å². The molecule has 2 aromatic rings. The van der Waals surface area contributed by atoms with E-state index in [1.165, 1.54) is 13.0 Å². The third-order valence-electron chi connectivity index (χ3n) is 2.12. The van der Waals surface area contributed by atoms with Crippen LogP contribution in [0.1, 0.15) is 6.92 Å². The highest BCUT2D eigenvalue weighted by Gasteiger charge is 2.23. The number of benzene rings is 1. The molecule has 1 heterocycles. The number of aliphatic hydroxyl groups is 1. The molecule has 1 atom stereocenters. The lowest BCUT2D eigenvalue weighted by Crippen LogP contribution is -2.17. The molecule has 17 heavy (non-hydrogen) atoms. The first kappa shape index (κ1) is 11.9. The highest BCUT2D eigenvalue weighted by atomic mass is 32.2. The van der Waals surface area contributed by atoms with Gasteiger partial charge in [-0.1, -0.05) is 0 Å². The molecule has 1 aromatic heterocycles. The molecule has 7 heteroatoms. The zero-order valence-corrected chi connectivity index (χ0v) is 9.94. The monoisotopic (exact) mass is 256 g/mol. The van der Waals surface area contributed by atoms with Crippen LogP contribution >= 0.6 is 0 Å². The molecule has 0 fully saturated rings. The van der Waals surface area contributed by atoms with Crippen molar-refractivity contribution in [2.24, 2.45) is 0 Å². The summed E-state index contributed by atoms with van der Waals surface area (Å²) in [7, 11) is -3.70. The van der Waals surface area contributed by atoms with Crippen LogP contribution in [0.25, 0.3) is 11.1 Å². The van der Waals surface area contributed by atoms with Crippen LogP contribution in [0, 0.1) is 0 Å². The minimum Gasteiger partial charge on any atom is -0.428 e. The third kappa shape index (κ3) is 2.40. The molecule has 1 unspecified atom stereocenters. The second kappa shape index (κ2) is 4.01. The van der Waals surface area contributed by atoms with Crippen molar-refractivity contribution < 1.29 is 17.9 Å². The van der Waals surface area contributed by atoms with Gasteiger partial charge >= 0.3 is 5.22 Å². The number of sulfone groups is 1. The predicted octanol–water partition coefficient (Wildman–Crippen LogP) is 0.564. The summed E-state index contributed by atoms with van der Waals surface area (Å²) in [5.74, 6) is -0.421. The number of aliphatic hydroxyl groups excluding tert-OH is 1. The van der Waals surface area contributed by atoms with Crippen LogP contribution in [0.15, 0.2) is 27.8 Å². The number of fused-ring (bicyclic) bond motifs is 1. The van der Waals surface area contributed by atoms with E-state index < -0.39 is 21.7 Å². The molecule has 0 amide bonds. The zero-order chi connectivity index (χ0) is 12.6. The lowest BCUT2D eigenvalue weighted by molar-refractivity contribution is 0.217. The summed E-state index contributed by atoms with van der Waals surface area (Å²) in [6.45, 7) is 1.39. The van der Waals surface area contributed by atoms with Gasteiger partial charge in [-0.05, 0) is 25.1 Å². The molecule has 6 nitrogen and oxygen atoms in total. The normalized spacial score (nSPS) is 14.0. The quantitative estimate of drug-likeness (QED) is 0.777. The van der Waals surface area contributed by atoms with E-state index in [1.807, 2.05) is 0 Å². The molecule has 2 rings (SSSR count). The molecule has 0 aliphatic carbocycles. The van der Waals surface area contributed by atoms with E-state index in [4.69, 9.17) is 15.3 Å². The molecule has 0 saturated carbocycles. The predicted molar refractivity (Wildman–Crippen MR) is 62.2 cm³/mol. The first-order valence-electron chi connectivity index (χ1n) is 4.95. The van der Waals surface area contributed by atoms with E-state index in [1.54, 1.807) is 12.1 Å². The first-order chi connectivity index (χ1) is 7.88. The smallest absolute Gasteiger partial charge is 0.316 e. The maximum absolute atomic E-state index is 11.7. The summed E-state index contributed by atoms with van der Waals surface area (Å²) in [5, 5.41) is 8.71. The van der Waals surface area contributed by atoms with Gasteiger partial charge in [0.1, 0.15) is 5.52 Å². The Morgan fingerprint density at radius 1 is 1.53 bits per heavy atom. The van der Waals surface area contributed by atoms with E-state index in [0.717, 1.165) is 0 Å². The Labute approximate surface area is 98.0 Å². The van der Waals surface area contributed by atoms with Crippen molar-refractivity contribution in [3.8, 4) is 0 Å². The number of oxazole rings is 1. The Kier molecular flexibility index (Phi) is 2.80. The van der Waals surface area contributed by atoms with Gasteiger partial charge in [0.25, 0.3) is 0 Å². The molecular formula is C10H12N2O4S. The SMILES string of the molecule is CC(O)CS(=O)(=O)c1nc2cc(N)ccc2o1. The molecule has 92 valence electrons. The van der Waals surface area contributed by atoms with Gasteiger partial charge in [-0.15, -0.1) is 0 Å². The average molecular weight is 256 g/mol. The fourth-order valence-electron chi connectivity index (χ4n) is 1.45. The summed E-state index contributed by atoms with van der Waals surface area (Å²) in [5.41, 5.74) is 6.76. The van der Waals surface area contributed by atoms with Crippen LogP contribution in [0.2, 0.25) is 0 Å². The van der Waals surface area contributed by atoms with Crippen LogP contribution in [0.5, 0.6) is 0 Å². The maximum atomic E-state index is 11.7. The van der Waals surface area contributed by atoms with E-state index in [9.17, 15) is 8.42 Å². The minimum absolute atomic E-state index is 0.350. The van der Waals surface area contributed by atoms with Crippen LogP contribution in [-0.2, 0) is 9.84 Å². The van der Waals surface area contributed by atoms with Gasteiger partial charge in [-0.2, -0.15) is 4.98 Å². The number of anilines is 1. The molecule has 0 bridgehead atoms. The number of nitrogens with zero attached hydrogens (tertiary/aromatic N) is 1. The molecular weight excluding hydrogens is 244 g/mol. The number of aromatic nitrogens is 1. The summed E-state index contributed by atoms with van der Waals surface area (Å²) < 4.78 is 28.6. The van der Waals surface area contributed by atoms with Gasteiger partial charge in [-0.3, -0.25) is 0 Å². The van der Waals surface area contributed by atoms with Gasteiger partial charge in [0.2, 0.25) is 9.84 Å². The first-order valence-corrected chi connectivity index (χ1v) is 6.60. The summed E-state index contributed by atoms with van der Waals surface area (Å²) >= 11 is 0. The topological polar surface area (TPSA) is 106 Å². The maximum Gasteiger partial charge on any atom is 0.316 e. The highest BCUT2D eigenvalue weighted by molar-refractivity contribution is 7.91. The van der Waals surface area contributed by atoms with Crippen molar-refractivity contribution in [2.45, 2.75) is 18.3 Å².